The summed E-state index contributed by atoms with van der Waals surface area (Å²) in [6.07, 6.45) is 3.52. The molecule has 0 atom stereocenters. The fourth-order valence-corrected chi connectivity index (χ4v) is 3.91. The normalized spacial score (nSPS) is 11.2. The Balaban J connectivity index is 2.00. The number of nitrogens with one attached hydrogen (secondary N) is 1. The molecule has 0 radical (unpaired) electrons. The molecule has 0 aliphatic carbocycles. The number of imidazole rings is 1. The second-order valence-electron chi connectivity index (χ2n) is 3.04. The van der Waals surface area contributed by atoms with Crippen LogP contribution < -0.4 is 0 Å². The van der Waals surface area contributed by atoms with Gasteiger partial charge < -0.3 is 4.98 Å². The van der Waals surface area contributed by atoms with Gasteiger partial charge in [0, 0.05) is 0 Å². The summed E-state index contributed by atoms with van der Waals surface area (Å²) in [7, 11) is 0. The maximum Gasteiger partial charge on any atom is 0.225 e. The van der Waals surface area contributed by atoms with E-state index in [4.69, 9.17) is 11.6 Å². The summed E-state index contributed by atoms with van der Waals surface area (Å²) in [5.41, 5.74) is 1.30. The van der Waals surface area contributed by atoms with Crippen LogP contribution in [0, 0.1) is 0 Å². The number of rotatable bonds is 3. The first-order chi connectivity index (χ1) is 8.76. The molecule has 0 spiro atoms. The van der Waals surface area contributed by atoms with Gasteiger partial charge in [0.15, 0.2) is 14.3 Å². The summed E-state index contributed by atoms with van der Waals surface area (Å²) in [6, 6.07) is 0. The largest absolute Gasteiger partial charge is 0.341 e. The van der Waals surface area contributed by atoms with Crippen molar-refractivity contribution in [1.82, 2.24) is 30.1 Å². The minimum absolute atomic E-state index is 0.173. The molecule has 10 heteroatoms. The van der Waals surface area contributed by atoms with Crippen molar-refractivity contribution < 1.29 is 0 Å². The molecular formula is C8H5ClN6S3. The van der Waals surface area contributed by atoms with Gasteiger partial charge in [-0.2, -0.15) is 4.98 Å². The SMILES string of the molecule is CSc1nnc(Sc2nc(Cl)nc3nc[nH]c23)s1. The number of H-pyrrole nitrogens is 1. The van der Waals surface area contributed by atoms with Crippen LogP contribution in [-0.4, -0.2) is 36.4 Å². The first kappa shape index (κ1) is 12.2. The summed E-state index contributed by atoms with van der Waals surface area (Å²) in [5, 5.41) is 8.98. The highest BCUT2D eigenvalue weighted by Gasteiger charge is 2.13. The van der Waals surface area contributed by atoms with Crippen molar-refractivity contribution >= 4 is 57.6 Å². The van der Waals surface area contributed by atoms with Crippen LogP contribution in [0.4, 0.5) is 0 Å². The zero-order valence-electron chi connectivity index (χ0n) is 8.92. The van der Waals surface area contributed by atoms with E-state index < -0.39 is 0 Å². The van der Waals surface area contributed by atoms with E-state index in [-0.39, 0.29) is 5.28 Å². The fraction of sp³-hybridized carbons (Fsp3) is 0.125. The van der Waals surface area contributed by atoms with Gasteiger partial charge in [0.05, 0.1) is 6.33 Å². The number of fused-ring (bicyclic) bond motifs is 1. The van der Waals surface area contributed by atoms with Crippen molar-refractivity contribution in [2.24, 2.45) is 0 Å². The molecule has 18 heavy (non-hydrogen) atoms. The van der Waals surface area contributed by atoms with Gasteiger partial charge in [-0.05, 0) is 29.6 Å². The fourth-order valence-electron chi connectivity index (χ4n) is 1.26. The molecule has 0 unspecified atom stereocenters. The lowest BCUT2D eigenvalue weighted by atomic mass is 10.6. The van der Waals surface area contributed by atoms with Crippen molar-refractivity contribution in [3.8, 4) is 0 Å². The lowest BCUT2D eigenvalue weighted by Gasteiger charge is -1.98. The van der Waals surface area contributed by atoms with Gasteiger partial charge >= 0.3 is 0 Å². The van der Waals surface area contributed by atoms with E-state index in [1.807, 2.05) is 6.26 Å². The second-order valence-corrected chi connectivity index (χ2v) is 6.64. The van der Waals surface area contributed by atoms with E-state index in [1.165, 1.54) is 23.1 Å². The average molecular weight is 317 g/mol. The summed E-state index contributed by atoms with van der Waals surface area (Å²) < 4.78 is 1.73. The molecule has 6 nitrogen and oxygen atoms in total. The van der Waals surface area contributed by atoms with Crippen LogP contribution in [0.1, 0.15) is 0 Å². The molecule has 0 aliphatic rings. The predicted molar refractivity (Wildman–Crippen MR) is 72.5 cm³/mol. The average Bonchev–Trinajstić information content (AvgIpc) is 2.97. The Labute approximate surface area is 119 Å². The van der Waals surface area contributed by atoms with Crippen LogP contribution in [0.2, 0.25) is 5.28 Å². The summed E-state index contributed by atoms with van der Waals surface area (Å²) in [4.78, 5) is 15.3. The van der Waals surface area contributed by atoms with Crippen molar-refractivity contribution in [1.29, 1.82) is 0 Å². The maximum atomic E-state index is 5.85. The molecular weight excluding hydrogens is 312 g/mol. The zero-order valence-corrected chi connectivity index (χ0v) is 12.1. The monoisotopic (exact) mass is 316 g/mol. The van der Waals surface area contributed by atoms with Gasteiger partial charge in [-0.15, -0.1) is 10.2 Å². The molecule has 3 heterocycles. The number of hydrogen-bond donors (Lipinski definition) is 1. The maximum absolute atomic E-state index is 5.85. The molecule has 0 saturated carbocycles. The molecule has 3 aromatic rings. The Morgan fingerprint density at radius 3 is 2.89 bits per heavy atom. The molecule has 0 aliphatic heterocycles. The molecule has 3 rings (SSSR count). The quantitative estimate of drug-likeness (QED) is 0.452. The smallest absolute Gasteiger partial charge is 0.225 e. The van der Waals surface area contributed by atoms with Crippen LogP contribution in [0.3, 0.4) is 0 Å². The predicted octanol–water partition coefficient (Wildman–Crippen LogP) is 2.73. The standard InChI is InChI=1S/C8H5ClN6S3/c1-16-7-14-15-8(18-7)17-5-3-4(11-2-10-3)12-6(9)13-5/h2H,1H3,(H,10,11,12,13). The molecule has 0 saturated heterocycles. The van der Waals surface area contributed by atoms with E-state index >= 15 is 0 Å². The molecule has 1 N–H and O–H groups in total. The van der Waals surface area contributed by atoms with Gasteiger partial charge in [-0.25, -0.2) is 9.97 Å². The van der Waals surface area contributed by atoms with Crippen LogP contribution in [0.25, 0.3) is 11.2 Å². The Hall–Kier alpha value is -0.900. The Kier molecular flexibility index (Phi) is 3.37. The molecule has 0 aromatic carbocycles. The lowest BCUT2D eigenvalue weighted by Crippen LogP contribution is -1.88. The highest BCUT2D eigenvalue weighted by molar-refractivity contribution is 8.03. The van der Waals surface area contributed by atoms with E-state index in [9.17, 15) is 0 Å². The molecule has 0 bridgehead atoms. The third kappa shape index (κ3) is 2.30. The number of aromatic amines is 1. The van der Waals surface area contributed by atoms with Gasteiger partial charge in [-0.1, -0.05) is 23.1 Å². The van der Waals surface area contributed by atoms with Gasteiger partial charge in [0.25, 0.3) is 0 Å². The Morgan fingerprint density at radius 1 is 1.28 bits per heavy atom. The number of halogens is 1. The molecule has 92 valence electrons. The molecule has 0 amide bonds. The molecule has 0 fully saturated rings. The first-order valence-electron chi connectivity index (χ1n) is 4.68. The number of thioether (sulfide) groups is 1. The van der Waals surface area contributed by atoms with Crippen LogP contribution in [0.15, 0.2) is 20.0 Å². The van der Waals surface area contributed by atoms with Crippen molar-refractivity contribution in [2.75, 3.05) is 6.26 Å². The first-order valence-corrected chi connectivity index (χ1v) is 7.92. The summed E-state index contributed by atoms with van der Waals surface area (Å²) in [6.45, 7) is 0. The summed E-state index contributed by atoms with van der Waals surface area (Å²) in [5.74, 6) is 0. The highest BCUT2D eigenvalue weighted by atomic mass is 35.5. The van der Waals surface area contributed by atoms with E-state index in [0.717, 1.165) is 14.2 Å². The van der Waals surface area contributed by atoms with E-state index in [2.05, 4.69) is 30.1 Å². The van der Waals surface area contributed by atoms with Crippen LogP contribution in [0.5, 0.6) is 0 Å². The Morgan fingerprint density at radius 2 is 2.11 bits per heavy atom. The number of aromatic nitrogens is 6. The topological polar surface area (TPSA) is 80.2 Å². The minimum Gasteiger partial charge on any atom is -0.341 e. The van der Waals surface area contributed by atoms with E-state index in [0.29, 0.717) is 10.7 Å². The lowest BCUT2D eigenvalue weighted by molar-refractivity contribution is 0.953. The third-order valence-corrected chi connectivity index (χ3v) is 5.08. The highest BCUT2D eigenvalue weighted by Crippen LogP contribution is 2.34. The zero-order chi connectivity index (χ0) is 12.5. The van der Waals surface area contributed by atoms with Crippen molar-refractivity contribution in [3.63, 3.8) is 0 Å². The number of nitrogens with zero attached hydrogens (tertiary/aromatic N) is 5. The van der Waals surface area contributed by atoms with Crippen LogP contribution in [-0.2, 0) is 0 Å². The Bertz CT molecular complexity index is 695. The van der Waals surface area contributed by atoms with Gasteiger partial charge in [0.2, 0.25) is 5.28 Å². The van der Waals surface area contributed by atoms with Gasteiger partial charge in [0.1, 0.15) is 10.5 Å². The number of hydrogen-bond acceptors (Lipinski definition) is 8. The van der Waals surface area contributed by atoms with Crippen molar-refractivity contribution in [2.45, 2.75) is 13.7 Å². The summed E-state index contributed by atoms with van der Waals surface area (Å²) >= 11 is 10.3. The third-order valence-electron chi connectivity index (χ3n) is 1.97. The minimum atomic E-state index is 0.173. The molecule has 3 aromatic heterocycles. The van der Waals surface area contributed by atoms with Crippen molar-refractivity contribution in [3.05, 3.63) is 11.6 Å². The second kappa shape index (κ2) is 5.00. The van der Waals surface area contributed by atoms with Crippen LogP contribution >= 0.6 is 46.5 Å². The van der Waals surface area contributed by atoms with E-state index in [1.54, 1.807) is 18.1 Å². The van der Waals surface area contributed by atoms with Gasteiger partial charge in [-0.3, -0.25) is 0 Å².